The van der Waals surface area contributed by atoms with Crippen molar-refractivity contribution in [1.29, 1.82) is 0 Å². The Morgan fingerprint density at radius 1 is 1.25 bits per heavy atom. The lowest BCUT2D eigenvalue weighted by Gasteiger charge is -2.32. The van der Waals surface area contributed by atoms with Crippen molar-refractivity contribution in [2.45, 2.75) is 45.6 Å². The molecule has 0 aromatic rings. The summed E-state index contributed by atoms with van der Waals surface area (Å²) < 4.78 is 0. The minimum atomic E-state index is 0.627. The molecule has 1 saturated carbocycles. The van der Waals surface area contributed by atoms with Crippen LogP contribution in [0.2, 0.25) is 0 Å². The molecule has 1 nitrogen and oxygen atoms in total. The molecule has 0 saturated heterocycles. The summed E-state index contributed by atoms with van der Waals surface area (Å²) in [5.74, 6) is 0.781. The van der Waals surface area contributed by atoms with Crippen LogP contribution in [-0.4, -0.2) is 12.3 Å². The molecule has 0 bridgehead atoms. The predicted molar refractivity (Wildman–Crippen MR) is 52.6 cm³/mol. The van der Waals surface area contributed by atoms with Crippen molar-refractivity contribution in [1.82, 2.24) is 0 Å². The Bertz CT molecular complexity index is 237. The van der Waals surface area contributed by atoms with Gasteiger partial charge in [0.15, 0.2) is 0 Å². The molecule has 0 N–H and O–H groups in total. The number of hydrogen-bond acceptors (Lipinski definition) is 1. The Labute approximate surface area is 74.6 Å². The van der Waals surface area contributed by atoms with Crippen molar-refractivity contribution < 1.29 is 0 Å². The molecule has 1 fully saturated rings. The van der Waals surface area contributed by atoms with Crippen molar-refractivity contribution in [3.8, 4) is 0 Å². The number of hydrogen-bond donors (Lipinski definition) is 0. The number of nitrogens with zero attached hydrogens (tertiary/aromatic N) is 1. The Balaban J connectivity index is 2.23. The van der Waals surface area contributed by atoms with Crippen LogP contribution in [0.1, 0.15) is 39.5 Å². The third-order valence-corrected chi connectivity index (χ3v) is 3.37. The van der Waals surface area contributed by atoms with Gasteiger partial charge in [0.05, 0.1) is 6.04 Å². The van der Waals surface area contributed by atoms with Gasteiger partial charge in [-0.1, -0.05) is 18.4 Å². The summed E-state index contributed by atoms with van der Waals surface area (Å²) in [4.78, 5) is 4.60. The third-order valence-electron chi connectivity index (χ3n) is 3.37. The summed E-state index contributed by atoms with van der Waals surface area (Å²) in [5, 5.41) is 0. The first kappa shape index (κ1) is 8.03. The predicted octanol–water partition coefficient (Wildman–Crippen LogP) is 2.97. The molecule has 0 amide bonds. The van der Waals surface area contributed by atoms with E-state index in [1.54, 1.807) is 5.57 Å². The zero-order valence-electron chi connectivity index (χ0n) is 8.01. The zero-order chi connectivity index (χ0) is 8.55. The Morgan fingerprint density at radius 2 is 2.00 bits per heavy atom. The Kier molecular flexibility index (Phi) is 2.03. The van der Waals surface area contributed by atoms with E-state index in [0.29, 0.717) is 6.04 Å². The molecule has 2 unspecified atom stereocenters. The van der Waals surface area contributed by atoms with Gasteiger partial charge in [-0.3, -0.25) is 4.99 Å². The van der Waals surface area contributed by atoms with Gasteiger partial charge in [0, 0.05) is 12.1 Å². The minimum absolute atomic E-state index is 0.627. The fraction of sp³-hybridized carbons (Fsp3) is 0.727. The molecular formula is C11H17N. The van der Waals surface area contributed by atoms with E-state index in [2.05, 4.69) is 25.1 Å². The standard InChI is InChI=1S/C11H17N/c1-8-7-12-11-6-4-3-5-10(11)9(8)2/h7,10-11H,3-6H2,1-2H3. The normalized spacial score (nSPS) is 35.2. The highest BCUT2D eigenvalue weighted by atomic mass is 14.8. The maximum Gasteiger partial charge on any atom is 0.0565 e. The van der Waals surface area contributed by atoms with E-state index < -0.39 is 0 Å². The van der Waals surface area contributed by atoms with Crippen molar-refractivity contribution >= 4 is 6.21 Å². The van der Waals surface area contributed by atoms with Crippen LogP contribution in [0.25, 0.3) is 0 Å². The molecule has 1 heterocycles. The molecule has 12 heavy (non-hydrogen) atoms. The number of rotatable bonds is 0. The summed E-state index contributed by atoms with van der Waals surface area (Å²) >= 11 is 0. The van der Waals surface area contributed by atoms with E-state index >= 15 is 0 Å². The van der Waals surface area contributed by atoms with Crippen LogP contribution in [0.15, 0.2) is 16.1 Å². The molecular weight excluding hydrogens is 146 g/mol. The van der Waals surface area contributed by atoms with Crippen molar-refractivity contribution in [3.05, 3.63) is 11.1 Å². The molecule has 0 spiro atoms. The van der Waals surface area contributed by atoms with Gasteiger partial charge in [0.2, 0.25) is 0 Å². The fourth-order valence-corrected chi connectivity index (χ4v) is 2.40. The first-order valence-corrected chi connectivity index (χ1v) is 4.99. The van der Waals surface area contributed by atoms with E-state index in [1.165, 1.54) is 31.3 Å². The molecule has 0 aromatic carbocycles. The summed E-state index contributed by atoms with van der Waals surface area (Å²) in [6.07, 6.45) is 7.53. The van der Waals surface area contributed by atoms with Gasteiger partial charge >= 0.3 is 0 Å². The SMILES string of the molecule is CC1=C(C)C2CCCCC2N=C1. The molecule has 2 rings (SSSR count). The molecule has 1 aliphatic heterocycles. The minimum Gasteiger partial charge on any atom is -0.289 e. The van der Waals surface area contributed by atoms with Gasteiger partial charge in [0.1, 0.15) is 0 Å². The van der Waals surface area contributed by atoms with Crippen molar-refractivity contribution in [2.75, 3.05) is 0 Å². The molecule has 66 valence electrons. The van der Waals surface area contributed by atoms with Crippen LogP contribution in [-0.2, 0) is 0 Å². The van der Waals surface area contributed by atoms with E-state index in [-0.39, 0.29) is 0 Å². The second-order valence-corrected chi connectivity index (χ2v) is 4.10. The van der Waals surface area contributed by atoms with E-state index in [9.17, 15) is 0 Å². The molecule has 1 aliphatic carbocycles. The van der Waals surface area contributed by atoms with E-state index in [0.717, 1.165) is 5.92 Å². The second-order valence-electron chi connectivity index (χ2n) is 4.10. The molecule has 0 radical (unpaired) electrons. The average molecular weight is 163 g/mol. The lowest BCUT2D eigenvalue weighted by Crippen LogP contribution is -2.27. The van der Waals surface area contributed by atoms with Crippen molar-refractivity contribution in [3.63, 3.8) is 0 Å². The lowest BCUT2D eigenvalue weighted by atomic mass is 9.78. The fourth-order valence-electron chi connectivity index (χ4n) is 2.40. The second kappa shape index (κ2) is 3.04. The van der Waals surface area contributed by atoms with Gasteiger partial charge in [-0.2, -0.15) is 0 Å². The van der Waals surface area contributed by atoms with Crippen LogP contribution >= 0.6 is 0 Å². The quantitative estimate of drug-likeness (QED) is 0.520. The van der Waals surface area contributed by atoms with Crippen LogP contribution in [0, 0.1) is 5.92 Å². The van der Waals surface area contributed by atoms with Crippen LogP contribution in [0.4, 0.5) is 0 Å². The summed E-state index contributed by atoms with van der Waals surface area (Å²) in [6.45, 7) is 4.47. The highest BCUT2D eigenvalue weighted by molar-refractivity contribution is 5.80. The maximum atomic E-state index is 4.60. The van der Waals surface area contributed by atoms with Gasteiger partial charge < -0.3 is 0 Å². The topological polar surface area (TPSA) is 12.4 Å². The van der Waals surface area contributed by atoms with Gasteiger partial charge in [-0.25, -0.2) is 0 Å². The van der Waals surface area contributed by atoms with Gasteiger partial charge in [0.25, 0.3) is 0 Å². The first-order chi connectivity index (χ1) is 5.79. The van der Waals surface area contributed by atoms with Gasteiger partial charge in [-0.15, -0.1) is 0 Å². The van der Waals surface area contributed by atoms with Crippen LogP contribution < -0.4 is 0 Å². The Hall–Kier alpha value is -0.590. The number of allylic oxidation sites excluding steroid dienone is 1. The molecule has 0 aromatic heterocycles. The van der Waals surface area contributed by atoms with E-state index in [4.69, 9.17) is 0 Å². The molecule has 1 heteroatoms. The highest BCUT2D eigenvalue weighted by Gasteiger charge is 2.28. The monoisotopic (exact) mass is 163 g/mol. The first-order valence-electron chi connectivity index (χ1n) is 4.99. The lowest BCUT2D eigenvalue weighted by molar-refractivity contribution is 0.345. The smallest absolute Gasteiger partial charge is 0.0565 e. The number of aliphatic imine (C=N–C) groups is 1. The molecule has 2 atom stereocenters. The van der Waals surface area contributed by atoms with Crippen LogP contribution in [0.3, 0.4) is 0 Å². The van der Waals surface area contributed by atoms with E-state index in [1.807, 2.05) is 0 Å². The van der Waals surface area contributed by atoms with Crippen LogP contribution in [0.5, 0.6) is 0 Å². The summed E-state index contributed by atoms with van der Waals surface area (Å²) in [7, 11) is 0. The largest absolute Gasteiger partial charge is 0.289 e. The number of fused-ring (bicyclic) bond motifs is 1. The van der Waals surface area contributed by atoms with Crippen molar-refractivity contribution in [2.24, 2.45) is 10.9 Å². The number of dihydropyridines is 1. The van der Waals surface area contributed by atoms with Gasteiger partial charge in [-0.05, 0) is 32.3 Å². The highest BCUT2D eigenvalue weighted by Crippen LogP contribution is 2.35. The Morgan fingerprint density at radius 3 is 2.83 bits per heavy atom. The molecule has 2 aliphatic rings. The third kappa shape index (κ3) is 1.21. The average Bonchev–Trinajstić information content (AvgIpc) is 2.12. The summed E-state index contributed by atoms with van der Waals surface area (Å²) in [6, 6.07) is 0.627. The zero-order valence-corrected chi connectivity index (χ0v) is 8.01. The summed E-state index contributed by atoms with van der Waals surface area (Å²) in [5.41, 5.74) is 2.99. The maximum absolute atomic E-state index is 4.60.